The Morgan fingerprint density at radius 3 is 1.17 bits per heavy atom. The van der Waals surface area contributed by atoms with Crippen molar-refractivity contribution >= 4 is 5.91 Å². The first kappa shape index (κ1) is 56.5. The van der Waals surface area contributed by atoms with Gasteiger partial charge in [-0.1, -0.05) is 224 Å². The summed E-state index contributed by atoms with van der Waals surface area (Å²) in [5.41, 5.74) is 0. The average Bonchev–Trinajstić information content (AvgIpc) is 3.23. The van der Waals surface area contributed by atoms with Crippen molar-refractivity contribution < 1.29 is 25.2 Å². The van der Waals surface area contributed by atoms with E-state index in [9.17, 15) is 25.2 Å². The quantitative estimate of drug-likeness (QED) is 0.0310. The van der Waals surface area contributed by atoms with E-state index in [-0.39, 0.29) is 0 Å². The highest BCUT2D eigenvalue weighted by Gasteiger charge is 2.28. The molecule has 58 heavy (non-hydrogen) atoms. The number of aliphatic hydroxyl groups excluding tert-OH is 4. The maximum absolute atomic E-state index is 12.5. The van der Waals surface area contributed by atoms with E-state index in [2.05, 4.69) is 55.6 Å². The number of carbonyl (C=O) groups excluding carboxylic acids is 1. The van der Waals surface area contributed by atoms with E-state index in [0.717, 1.165) is 38.5 Å². The summed E-state index contributed by atoms with van der Waals surface area (Å²) in [6.45, 7) is 3.98. The molecule has 0 heterocycles. The Hall–Kier alpha value is -1.47. The number of hydrogen-bond acceptors (Lipinski definition) is 5. The highest BCUT2D eigenvalue weighted by molar-refractivity contribution is 5.80. The first-order valence-corrected chi connectivity index (χ1v) is 25.4. The monoisotopic (exact) mass is 818 g/mol. The summed E-state index contributed by atoms with van der Waals surface area (Å²) in [5, 5.41) is 43.4. The van der Waals surface area contributed by atoms with E-state index in [4.69, 9.17) is 0 Å². The molecule has 0 saturated carbocycles. The Morgan fingerprint density at radius 1 is 0.431 bits per heavy atom. The Labute approximate surface area is 360 Å². The minimum atomic E-state index is -1.28. The molecule has 0 aromatic heterocycles. The summed E-state index contributed by atoms with van der Waals surface area (Å²) in [5.74, 6) is -0.595. The topological polar surface area (TPSA) is 110 Å². The predicted molar refractivity (Wildman–Crippen MR) is 251 cm³/mol. The van der Waals surface area contributed by atoms with Gasteiger partial charge in [0.15, 0.2) is 0 Å². The number of unbranched alkanes of at least 4 members (excludes halogenated alkanes) is 31. The lowest BCUT2D eigenvalue weighted by atomic mass is 10.00. The number of aliphatic hydroxyl groups is 4. The van der Waals surface area contributed by atoms with Crippen LogP contribution in [0.25, 0.3) is 0 Å². The van der Waals surface area contributed by atoms with E-state index in [0.29, 0.717) is 19.3 Å². The molecule has 0 rings (SSSR count). The number of carbonyl (C=O) groups is 1. The number of nitrogens with one attached hydrogen (secondary N) is 1. The second-order valence-electron chi connectivity index (χ2n) is 17.5. The molecule has 0 bridgehead atoms. The molecule has 342 valence electrons. The third-order valence-corrected chi connectivity index (χ3v) is 11.8. The van der Waals surface area contributed by atoms with Crippen LogP contribution in [0.15, 0.2) is 36.5 Å². The normalized spacial score (nSPS) is 14.2. The molecule has 0 fully saturated rings. The fourth-order valence-electron chi connectivity index (χ4n) is 7.79. The largest absolute Gasteiger partial charge is 0.394 e. The van der Waals surface area contributed by atoms with E-state index < -0.39 is 36.9 Å². The van der Waals surface area contributed by atoms with Gasteiger partial charge in [0.25, 0.3) is 0 Å². The van der Waals surface area contributed by atoms with Crippen LogP contribution < -0.4 is 5.32 Å². The van der Waals surface area contributed by atoms with Crippen molar-refractivity contribution in [3.63, 3.8) is 0 Å². The zero-order valence-corrected chi connectivity index (χ0v) is 38.5. The van der Waals surface area contributed by atoms with Gasteiger partial charge in [-0.3, -0.25) is 4.79 Å². The maximum atomic E-state index is 12.5. The summed E-state index contributed by atoms with van der Waals surface area (Å²) >= 11 is 0. The zero-order valence-electron chi connectivity index (χ0n) is 38.5. The Bertz CT molecular complexity index is 919. The number of allylic oxidation sites excluding steroid dienone is 6. The lowest BCUT2D eigenvalue weighted by molar-refractivity contribution is -0.132. The molecule has 6 heteroatoms. The van der Waals surface area contributed by atoms with Gasteiger partial charge < -0.3 is 25.7 Å². The second kappa shape index (κ2) is 46.6. The van der Waals surface area contributed by atoms with E-state index in [1.807, 2.05) is 0 Å². The van der Waals surface area contributed by atoms with Gasteiger partial charge in [0.2, 0.25) is 5.91 Å². The minimum Gasteiger partial charge on any atom is -0.394 e. The maximum Gasteiger partial charge on any atom is 0.249 e. The van der Waals surface area contributed by atoms with Crippen molar-refractivity contribution in [2.24, 2.45) is 0 Å². The Morgan fingerprint density at radius 2 is 0.759 bits per heavy atom. The molecule has 5 N–H and O–H groups in total. The predicted octanol–water partition coefficient (Wildman–Crippen LogP) is 14.1. The molecule has 0 aromatic rings. The SMILES string of the molecule is CCCCC/C=C/CCCC(O)C(O)C(CO)NC(=O)C(O)CCCCCCCCCCCCCCCCCC/C=C\C/C=C\CCCCCCCCCCCCC. The second-order valence-corrected chi connectivity index (χ2v) is 17.5. The third-order valence-electron chi connectivity index (χ3n) is 11.8. The van der Waals surface area contributed by atoms with Gasteiger partial charge in [-0.05, 0) is 70.6 Å². The van der Waals surface area contributed by atoms with Crippen molar-refractivity contribution in [2.75, 3.05) is 6.61 Å². The Kier molecular flexibility index (Phi) is 45.4. The van der Waals surface area contributed by atoms with Crippen LogP contribution in [0.3, 0.4) is 0 Å². The molecule has 0 aliphatic carbocycles. The van der Waals surface area contributed by atoms with Gasteiger partial charge in [-0.25, -0.2) is 0 Å². The van der Waals surface area contributed by atoms with Gasteiger partial charge in [0, 0.05) is 0 Å². The lowest BCUT2D eigenvalue weighted by Crippen LogP contribution is -2.53. The van der Waals surface area contributed by atoms with Gasteiger partial charge in [0.1, 0.15) is 12.2 Å². The lowest BCUT2D eigenvalue weighted by Gasteiger charge is -2.27. The van der Waals surface area contributed by atoms with Crippen LogP contribution >= 0.6 is 0 Å². The van der Waals surface area contributed by atoms with Crippen LogP contribution in [-0.2, 0) is 4.79 Å². The molecule has 1 amide bonds. The molecule has 0 aliphatic rings. The van der Waals surface area contributed by atoms with Gasteiger partial charge in [-0.15, -0.1) is 0 Å². The minimum absolute atomic E-state index is 0.363. The summed E-state index contributed by atoms with van der Waals surface area (Å²) in [6, 6.07) is -0.999. The van der Waals surface area contributed by atoms with Crippen molar-refractivity contribution in [3.8, 4) is 0 Å². The van der Waals surface area contributed by atoms with Crippen LogP contribution in [0.2, 0.25) is 0 Å². The van der Waals surface area contributed by atoms with Crippen LogP contribution in [0.1, 0.15) is 258 Å². The van der Waals surface area contributed by atoms with Crippen molar-refractivity contribution in [1.82, 2.24) is 5.32 Å². The first-order valence-electron chi connectivity index (χ1n) is 25.4. The standard InChI is InChI=1S/C52H99NO5/c1-3-5-7-9-11-13-14-15-16-17-18-19-20-21-22-23-24-25-26-27-28-29-30-31-32-33-34-35-36-37-38-40-42-44-46-50(56)52(58)53-48(47-54)51(57)49(55)45-43-41-39-12-10-8-6-4-2/h12,20-21,23-24,39,48-51,54-57H,3-11,13-19,22,25-38,40-47H2,1-2H3,(H,53,58)/b21-20-,24-23-,39-12+. The summed E-state index contributed by atoms with van der Waals surface area (Å²) in [7, 11) is 0. The molecule has 0 saturated heterocycles. The van der Waals surface area contributed by atoms with Gasteiger partial charge in [-0.2, -0.15) is 0 Å². The van der Waals surface area contributed by atoms with E-state index in [1.54, 1.807) is 0 Å². The van der Waals surface area contributed by atoms with E-state index >= 15 is 0 Å². The van der Waals surface area contributed by atoms with Crippen molar-refractivity contribution in [3.05, 3.63) is 36.5 Å². The van der Waals surface area contributed by atoms with Crippen molar-refractivity contribution in [2.45, 2.75) is 282 Å². The fraction of sp³-hybridized carbons (Fsp3) is 0.865. The zero-order chi connectivity index (χ0) is 42.4. The molecular formula is C52H99NO5. The van der Waals surface area contributed by atoms with Crippen molar-refractivity contribution in [1.29, 1.82) is 0 Å². The number of amides is 1. The summed E-state index contributed by atoms with van der Waals surface area (Å²) < 4.78 is 0. The van der Waals surface area contributed by atoms with Gasteiger partial charge >= 0.3 is 0 Å². The number of rotatable bonds is 46. The average molecular weight is 818 g/mol. The summed E-state index contributed by atoms with van der Waals surface area (Å²) in [6.07, 6.45) is 56.7. The highest BCUT2D eigenvalue weighted by atomic mass is 16.3. The molecule has 0 spiro atoms. The van der Waals surface area contributed by atoms with E-state index in [1.165, 1.54) is 186 Å². The molecular weight excluding hydrogens is 719 g/mol. The molecule has 4 unspecified atom stereocenters. The molecule has 6 nitrogen and oxygen atoms in total. The molecule has 0 radical (unpaired) electrons. The first-order chi connectivity index (χ1) is 28.5. The highest BCUT2D eigenvalue weighted by Crippen LogP contribution is 2.16. The van der Waals surface area contributed by atoms with Crippen LogP contribution in [0.5, 0.6) is 0 Å². The molecule has 0 aromatic carbocycles. The summed E-state index contributed by atoms with van der Waals surface area (Å²) in [4.78, 5) is 12.5. The molecule has 0 aliphatic heterocycles. The fourth-order valence-corrected chi connectivity index (χ4v) is 7.79. The van der Waals surface area contributed by atoms with Crippen LogP contribution in [0.4, 0.5) is 0 Å². The van der Waals surface area contributed by atoms with Gasteiger partial charge in [0.05, 0.1) is 18.8 Å². The van der Waals surface area contributed by atoms with Crippen LogP contribution in [-0.4, -0.2) is 57.3 Å². The third kappa shape index (κ3) is 40.0. The van der Waals surface area contributed by atoms with Crippen LogP contribution in [0, 0.1) is 0 Å². The molecule has 4 atom stereocenters. The Balaban J connectivity index is 3.53. The smallest absolute Gasteiger partial charge is 0.249 e. The number of hydrogen-bond donors (Lipinski definition) is 5.